The van der Waals surface area contributed by atoms with Gasteiger partial charge in [0.2, 0.25) is 0 Å². The molecule has 0 saturated heterocycles. The van der Waals surface area contributed by atoms with Crippen molar-refractivity contribution in [1.82, 2.24) is 0 Å². The largest absolute Gasteiger partial charge is 0.490 e. The molecule has 0 atom stereocenters. The lowest BCUT2D eigenvalue weighted by atomic mass is 9.95. The number of rotatable bonds is 6. The number of carbonyl (C=O) groups is 2. The summed E-state index contributed by atoms with van der Waals surface area (Å²) in [6.45, 7) is 2.46. The van der Waals surface area contributed by atoms with Gasteiger partial charge in [-0.25, -0.2) is 4.79 Å². The fraction of sp³-hybridized carbons (Fsp3) is 0.400. The zero-order valence-corrected chi connectivity index (χ0v) is 18.0. The number of aryl methyl sites for hydroxylation is 1. The molecular weight excluding hydrogens is 421 g/mol. The molecule has 1 aromatic carbocycles. The molecule has 1 aromatic heterocycles. The van der Waals surface area contributed by atoms with Crippen molar-refractivity contribution in [2.45, 2.75) is 39.0 Å². The number of benzene rings is 1. The quantitative estimate of drug-likeness (QED) is 0.578. The molecule has 0 fully saturated rings. The van der Waals surface area contributed by atoms with Crippen LogP contribution in [-0.4, -0.2) is 25.6 Å². The van der Waals surface area contributed by atoms with Crippen LogP contribution in [0.5, 0.6) is 5.75 Å². The fourth-order valence-electron chi connectivity index (χ4n) is 3.18. The Bertz CT molecular complexity index is 887. The van der Waals surface area contributed by atoms with E-state index in [1.807, 2.05) is 6.92 Å². The van der Waals surface area contributed by atoms with Gasteiger partial charge in [-0.15, -0.1) is 11.3 Å². The third kappa shape index (κ3) is 4.29. The molecule has 1 aliphatic rings. The first-order valence-electron chi connectivity index (χ1n) is 9.12. The SMILES string of the molecule is CCCOc1c(Cl)cc(C(=O)Nc2sc3c(c2C(=O)OC)CCCC3)cc1Cl. The van der Waals surface area contributed by atoms with Crippen LogP contribution in [0.15, 0.2) is 12.1 Å². The standard InChI is InChI=1S/C20H21Cl2NO4S/c1-3-8-27-17-13(21)9-11(10-14(17)22)18(24)23-19-16(20(25)26-2)12-6-4-5-7-15(12)28-19/h9-10H,3-8H2,1-2H3,(H,23,24). The van der Waals surface area contributed by atoms with E-state index in [0.29, 0.717) is 28.5 Å². The molecular formula is C20H21Cl2NO4S. The summed E-state index contributed by atoms with van der Waals surface area (Å²) in [7, 11) is 1.34. The van der Waals surface area contributed by atoms with E-state index in [4.69, 9.17) is 32.7 Å². The van der Waals surface area contributed by atoms with E-state index >= 15 is 0 Å². The molecule has 0 bridgehead atoms. The zero-order valence-electron chi connectivity index (χ0n) is 15.7. The molecule has 8 heteroatoms. The maximum atomic E-state index is 12.8. The minimum atomic E-state index is -0.436. The number of ether oxygens (including phenoxy) is 2. The predicted octanol–water partition coefficient (Wildman–Crippen LogP) is 5.76. The van der Waals surface area contributed by atoms with Crippen molar-refractivity contribution < 1.29 is 19.1 Å². The second-order valence-electron chi connectivity index (χ2n) is 6.48. The molecule has 0 spiro atoms. The number of methoxy groups -OCH3 is 1. The molecule has 0 unspecified atom stereocenters. The van der Waals surface area contributed by atoms with Gasteiger partial charge in [-0.05, 0) is 49.8 Å². The fourth-order valence-corrected chi connectivity index (χ4v) is 5.05. The maximum absolute atomic E-state index is 12.8. The molecule has 5 nitrogen and oxygen atoms in total. The number of hydrogen-bond acceptors (Lipinski definition) is 5. The van der Waals surface area contributed by atoms with Crippen LogP contribution in [0.2, 0.25) is 10.0 Å². The van der Waals surface area contributed by atoms with Crippen molar-refractivity contribution in [3.63, 3.8) is 0 Å². The van der Waals surface area contributed by atoms with E-state index in [1.54, 1.807) is 0 Å². The van der Waals surface area contributed by atoms with Crippen LogP contribution >= 0.6 is 34.5 Å². The summed E-state index contributed by atoms with van der Waals surface area (Å²) in [6, 6.07) is 3.03. The molecule has 150 valence electrons. The number of amides is 1. The van der Waals surface area contributed by atoms with E-state index in [2.05, 4.69) is 5.32 Å². The summed E-state index contributed by atoms with van der Waals surface area (Å²) >= 11 is 13.9. The Morgan fingerprint density at radius 2 is 1.86 bits per heavy atom. The molecule has 28 heavy (non-hydrogen) atoms. The lowest BCUT2D eigenvalue weighted by Gasteiger charge is -2.12. The van der Waals surface area contributed by atoms with E-state index < -0.39 is 11.9 Å². The highest BCUT2D eigenvalue weighted by Crippen LogP contribution is 2.39. The zero-order chi connectivity index (χ0) is 20.3. The van der Waals surface area contributed by atoms with Crippen molar-refractivity contribution >= 4 is 51.4 Å². The minimum Gasteiger partial charge on any atom is -0.490 e. The number of carbonyl (C=O) groups excluding carboxylic acids is 2. The van der Waals surface area contributed by atoms with Gasteiger partial charge in [-0.1, -0.05) is 30.1 Å². The van der Waals surface area contributed by atoms with Crippen LogP contribution in [0.25, 0.3) is 0 Å². The second kappa shape index (κ2) is 9.16. The molecule has 2 aromatic rings. The van der Waals surface area contributed by atoms with Crippen LogP contribution < -0.4 is 10.1 Å². The second-order valence-corrected chi connectivity index (χ2v) is 8.40. The Morgan fingerprint density at radius 1 is 1.18 bits per heavy atom. The van der Waals surface area contributed by atoms with Crippen LogP contribution in [0.1, 0.15) is 57.3 Å². The highest BCUT2D eigenvalue weighted by molar-refractivity contribution is 7.17. The average molecular weight is 442 g/mol. The third-order valence-electron chi connectivity index (χ3n) is 4.50. The number of halogens is 2. The van der Waals surface area contributed by atoms with Gasteiger partial charge >= 0.3 is 5.97 Å². The molecule has 1 N–H and O–H groups in total. The van der Waals surface area contributed by atoms with Crippen LogP contribution in [0, 0.1) is 0 Å². The van der Waals surface area contributed by atoms with E-state index in [0.717, 1.165) is 42.5 Å². The highest BCUT2D eigenvalue weighted by Gasteiger charge is 2.27. The molecule has 0 radical (unpaired) electrons. The topological polar surface area (TPSA) is 64.6 Å². The van der Waals surface area contributed by atoms with E-state index in [-0.39, 0.29) is 10.0 Å². The Balaban J connectivity index is 1.89. The van der Waals surface area contributed by atoms with Crippen molar-refractivity contribution in [2.75, 3.05) is 19.0 Å². The van der Waals surface area contributed by atoms with Gasteiger partial charge in [-0.2, -0.15) is 0 Å². The summed E-state index contributed by atoms with van der Waals surface area (Å²) < 4.78 is 10.5. The number of nitrogens with one attached hydrogen (secondary N) is 1. The third-order valence-corrected chi connectivity index (χ3v) is 6.27. The first-order valence-corrected chi connectivity index (χ1v) is 10.7. The number of thiophene rings is 1. The van der Waals surface area contributed by atoms with Gasteiger partial charge in [0.25, 0.3) is 5.91 Å². The normalized spacial score (nSPS) is 13.0. The van der Waals surface area contributed by atoms with Gasteiger partial charge in [0.1, 0.15) is 5.00 Å². The molecule has 1 aliphatic carbocycles. The summed E-state index contributed by atoms with van der Waals surface area (Å²) in [6.07, 6.45) is 4.62. The van der Waals surface area contributed by atoms with E-state index in [9.17, 15) is 9.59 Å². The van der Waals surface area contributed by atoms with E-state index in [1.165, 1.54) is 30.6 Å². The Morgan fingerprint density at radius 3 is 2.50 bits per heavy atom. The van der Waals surface area contributed by atoms with Crippen molar-refractivity contribution in [3.8, 4) is 5.75 Å². The first kappa shape index (κ1) is 21.0. The van der Waals surface area contributed by atoms with Crippen molar-refractivity contribution in [1.29, 1.82) is 0 Å². The molecule has 1 amide bonds. The highest BCUT2D eigenvalue weighted by atomic mass is 35.5. The maximum Gasteiger partial charge on any atom is 0.341 e. The lowest BCUT2D eigenvalue weighted by molar-refractivity contribution is 0.0601. The minimum absolute atomic E-state index is 0.268. The van der Waals surface area contributed by atoms with Gasteiger partial charge < -0.3 is 14.8 Å². The van der Waals surface area contributed by atoms with Crippen LogP contribution in [0.4, 0.5) is 5.00 Å². The van der Waals surface area contributed by atoms with Crippen molar-refractivity contribution in [3.05, 3.63) is 43.7 Å². The number of esters is 1. The lowest BCUT2D eigenvalue weighted by Crippen LogP contribution is -2.15. The van der Waals surface area contributed by atoms with Gasteiger partial charge in [-0.3, -0.25) is 4.79 Å². The monoisotopic (exact) mass is 441 g/mol. The predicted molar refractivity (Wildman–Crippen MR) is 113 cm³/mol. The summed E-state index contributed by atoms with van der Waals surface area (Å²) in [5.41, 5.74) is 1.73. The number of anilines is 1. The molecule has 0 saturated carbocycles. The van der Waals surface area contributed by atoms with Crippen LogP contribution in [0.3, 0.4) is 0 Å². The van der Waals surface area contributed by atoms with Crippen molar-refractivity contribution in [2.24, 2.45) is 0 Å². The Hall–Kier alpha value is -1.76. The number of hydrogen-bond donors (Lipinski definition) is 1. The van der Waals surface area contributed by atoms with Gasteiger partial charge in [0.15, 0.2) is 5.75 Å². The summed E-state index contributed by atoms with van der Waals surface area (Å²) in [5.74, 6) is -0.466. The molecule has 3 rings (SSSR count). The average Bonchev–Trinajstić information content (AvgIpc) is 3.04. The van der Waals surface area contributed by atoms with Gasteiger partial charge in [0.05, 0.1) is 29.3 Å². The number of fused-ring (bicyclic) bond motifs is 1. The Labute approximate surface area is 177 Å². The molecule has 0 aliphatic heterocycles. The van der Waals surface area contributed by atoms with Gasteiger partial charge in [0, 0.05) is 10.4 Å². The Kier molecular flexibility index (Phi) is 6.86. The van der Waals surface area contributed by atoms with Crippen LogP contribution in [-0.2, 0) is 17.6 Å². The first-order chi connectivity index (χ1) is 13.5. The summed E-state index contributed by atoms with van der Waals surface area (Å²) in [5, 5.41) is 3.88. The smallest absolute Gasteiger partial charge is 0.341 e. The summed E-state index contributed by atoms with van der Waals surface area (Å²) in [4.78, 5) is 26.2. The molecule has 1 heterocycles.